The number of carbonyl (C=O) groups excluding carboxylic acids is 2. The van der Waals surface area contributed by atoms with E-state index in [0.717, 1.165) is 38.4 Å². The SMILES string of the molecule is C=C(C)C(=O)OCCNCCCC.C=CC(=O)O.CCCCCCCC(N)=O. The number of nitrogens with two attached hydrogens (primary N) is 1. The molecule has 0 spiro atoms. The van der Waals surface area contributed by atoms with E-state index in [1.807, 2.05) is 0 Å². The average molecular weight is 401 g/mol. The van der Waals surface area contributed by atoms with Crippen LogP contribution in [0.3, 0.4) is 0 Å². The number of esters is 1. The van der Waals surface area contributed by atoms with Crippen LogP contribution in [0.15, 0.2) is 24.8 Å². The molecule has 0 rings (SSSR count). The second-order valence-corrected chi connectivity index (χ2v) is 6.19. The molecule has 0 aliphatic heterocycles. The molecule has 7 heteroatoms. The molecule has 7 nitrogen and oxygen atoms in total. The monoisotopic (exact) mass is 400 g/mol. The quantitative estimate of drug-likeness (QED) is 0.233. The Morgan fingerprint density at radius 1 is 1.04 bits per heavy atom. The van der Waals surface area contributed by atoms with Gasteiger partial charge in [-0.05, 0) is 26.3 Å². The van der Waals surface area contributed by atoms with Crippen molar-refractivity contribution < 1.29 is 24.2 Å². The summed E-state index contributed by atoms with van der Waals surface area (Å²) in [6, 6.07) is 0. The molecule has 0 saturated heterocycles. The number of carboxylic acids is 1. The van der Waals surface area contributed by atoms with Crippen LogP contribution in [0.1, 0.15) is 72.1 Å². The van der Waals surface area contributed by atoms with Crippen molar-refractivity contribution in [3.05, 3.63) is 24.8 Å². The molecule has 0 aromatic rings. The first-order chi connectivity index (χ1) is 13.2. The standard InChI is InChI=1S/C10H19NO2.C8H17NO.C3H4O2/c1-4-5-6-11-7-8-13-10(12)9(2)3;1-2-3-4-5-6-7-8(9)10;1-2-3(4)5/h11H,2,4-8H2,1,3H3;2-7H2,1H3,(H2,9,10);2H,1H2,(H,4,5). The minimum atomic E-state index is -0.981. The van der Waals surface area contributed by atoms with Crippen LogP contribution in [0.2, 0.25) is 0 Å². The number of nitrogens with one attached hydrogen (secondary N) is 1. The first-order valence-electron chi connectivity index (χ1n) is 9.89. The van der Waals surface area contributed by atoms with Crippen LogP contribution in [0.4, 0.5) is 0 Å². The van der Waals surface area contributed by atoms with Crippen LogP contribution in [-0.2, 0) is 19.1 Å². The minimum absolute atomic E-state index is 0.170. The zero-order valence-electron chi connectivity index (χ0n) is 17.9. The van der Waals surface area contributed by atoms with E-state index in [1.165, 1.54) is 25.7 Å². The highest BCUT2D eigenvalue weighted by Gasteiger charge is 2.00. The highest BCUT2D eigenvalue weighted by atomic mass is 16.5. The number of carbonyl (C=O) groups is 3. The third-order valence-electron chi connectivity index (χ3n) is 3.27. The second kappa shape index (κ2) is 24.8. The van der Waals surface area contributed by atoms with E-state index in [4.69, 9.17) is 15.6 Å². The Labute approximate surface area is 170 Å². The van der Waals surface area contributed by atoms with Gasteiger partial charge in [0.15, 0.2) is 0 Å². The molecule has 0 atom stereocenters. The van der Waals surface area contributed by atoms with Crippen LogP contribution < -0.4 is 11.1 Å². The van der Waals surface area contributed by atoms with Crippen molar-refractivity contribution in [2.24, 2.45) is 5.73 Å². The fourth-order valence-electron chi connectivity index (χ4n) is 1.67. The molecule has 0 fully saturated rings. The van der Waals surface area contributed by atoms with Gasteiger partial charge in [-0.3, -0.25) is 4.79 Å². The number of unbranched alkanes of at least 4 members (excludes halogenated alkanes) is 5. The first kappa shape index (κ1) is 30.6. The maximum atomic E-state index is 10.9. The largest absolute Gasteiger partial charge is 0.478 e. The summed E-state index contributed by atoms with van der Waals surface area (Å²) in [7, 11) is 0. The molecule has 0 radical (unpaired) electrons. The van der Waals surface area contributed by atoms with Gasteiger partial charge in [-0.15, -0.1) is 0 Å². The van der Waals surface area contributed by atoms with Crippen molar-refractivity contribution in [2.75, 3.05) is 19.7 Å². The van der Waals surface area contributed by atoms with Crippen molar-refractivity contribution in [3.8, 4) is 0 Å². The molecule has 164 valence electrons. The number of aliphatic carboxylic acids is 1. The summed E-state index contributed by atoms with van der Waals surface area (Å²) in [5.41, 5.74) is 5.42. The molecule has 0 aliphatic carbocycles. The van der Waals surface area contributed by atoms with Gasteiger partial charge >= 0.3 is 11.9 Å². The van der Waals surface area contributed by atoms with E-state index in [9.17, 15) is 14.4 Å². The number of primary amides is 1. The van der Waals surface area contributed by atoms with E-state index in [-0.39, 0.29) is 11.9 Å². The van der Waals surface area contributed by atoms with Crippen molar-refractivity contribution in [1.29, 1.82) is 0 Å². The Morgan fingerprint density at radius 3 is 2.00 bits per heavy atom. The Bertz CT molecular complexity index is 437. The molecular formula is C21H40N2O5. The summed E-state index contributed by atoms with van der Waals surface area (Å²) in [5, 5.41) is 10.8. The molecule has 0 bridgehead atoms. The topological polar surface area (TPSA) is 119 Å². The number of hydrogen-bond donors (Lipinski definition) is 3. The third-order valence-corrected chi connectivity index (χ3v) is 3.27. The van der Waals surface area contributed by atoms with Crippen LogP contribution in [-0.4, -0.2) is 42.6 Å². The molecule has 1 amide bonds. The van der Waals surface area contributed by atoms with Crippen LogP contribution in [0, 0.1) is 0 Å². The van der Waals surface area contributed by atoms with Gasteiger partial charge in [0.05, 0.1) is 0 Å². The normalized spacial score (nSPS) is 9.11. The van der Waals surface area contributed by atoms with E-state index in [0.29, 0.717) is 18.6 Å². The van der Waals surface area contributed by atoms with Gasteiger partial charge in [-0.2, -0.15) is 0 Å². The zero-order valence-corrected chi connectivity index (χ0v) is 17.9. The lowest BCUT2D eigenvalue weighted by atomic mass is 10.1. The summed E-state index contributed by atoms with van der Waals surface area (Å²) < 4.78 is 4.88. The minimum Gasteiger partial charge on any atom is -0.478 e. The van der Waals surface area contributed by atoms with Gasteiger partial charge < -0.3 is 20.9 Å². The van der Waals surface area contributed by atoms with E-state index in [1.54, 1.807) is 6.92 Å². The van der Waals surface area contributed by atoms with Gasteiger partial charge in [0.25, 0.3) is 0 Å². The average Bonchev–Trinajstić information content (AvgIpc) is 2.64. The molecule has 0 aliphatic rings. The van der Waals surface area contributed by atoms with Gasteiger partial charge in [0, 0.05) is 24.6 Å². The van der Waals surface area contributed by atoms with Gasteiger partial charge in [0.1, 0.15) is 6.61 Å². The molecule has 0 unspecified atom stereocenters. The first-order valence-corrected chi connectivity index (χ1v) is 9.89. The lowest BCUT2D eigenvalue weighted by molar-refractivity contribution is -0.138. The second-order valence-electron chi connectivity index (χ2n) is 6.19. The number of carboxylic acid groups (broad SMARTS) is 1. The number of amides is 1. The molecule has 0 aromatic carbocycles. The summed E-state index contributed by atoms with van der Waals surface area (Å²) in [5.74, 6) is -1.46. The predicted octanol–water partition coefficient (Wildman–Crippen LogP) is 3.58. The van der Waals surface area contributed by atoms with Gasteiger partial charge in [-0.25, -0.2) is 9.59 Å². The summed E-state index contributed by atoms with van der Waals surface area (Å²) in [6.45, 7) is 14.5. The zero-order chi connectivity index (χ0) is 22.2. The maximum Gasteiger partial charge on any atom is 0.333 e. The van der Waals surface area contributed by atoms with E-state index < -0.39 is 5.97 Å². The lowest BCUT2D eigenvalue weighted by Gasteiger charge is -2.05. The van der Waals surface area contributed by atoms with Crippen LogP contribution in [0.5, 0.6) is 0 Å². The molecule has 0 saturated carbocycles. The van der Waals surface area contributed by atoms with E-state index in [2.05, 4.69) is 32.3 Å². The highest BCUT2D eigenvalue weighted by Crippen LogP contribution is 2.03. The van der Waals surface area contributed by atoms with Crippen molar-refractivity contribution in [3.63, 3.8) is 0 Å². The van der Waals surface area contributed by atoms with Gasteiger partial charge in [-0.1, -0.05) is 59.1 Å². The molecule has 0 heterocycles. The van der Waals surface area contributed by atoms with Crippen molar-refractivity contribution in [2.45, 2.75) is 72.1 Å². The molecular weight excluding hydrogens is 360 g/mol. The molecule has 0 aromatic heterocycles. The lowest BCUT2D eigenvalue weighted by Crippen LogP contribution is -2.22. The third kappa shape index (κ3) is 35.0. The number of hydrogen-bond acceptors (Lipinski definition) is 5. The fourth-order valence-corrected chi connectivity index (χ4v) is 1.67. The Morgan fingerprint density at radius 2 is 1.57 bits per heavy atom. The van der Waals surface area contributed by atoms with Crippen molar-refractivity contribution in [1.82, 2.24) is 5.32 Å². The Hall–Kier alpha value is -2.15. The molecule has 4 N–H and O–H groups in total. The smallest absolute Gasteiger partial charge is 0.333 e. The number of rotatable bonds is 14. The Balaban J connectivity index is -0.000000368. The summed E-state index contributed by atoms with van der Waals surface area (Å²) in [6.07, 6.45) is 9.61. The van der Waals surface area contributed by atoms with E-state index >= 15 is 0 Å². The Kier molecular flexibility index (Phi) is 27.1. The highest BCUT2D eigenvalue weighted by molar-refractivity contribution is 5.86. The maximum absolute atomic E-state index is 10.9. The van der Waals surface area contributed by atoms with Crippen molar-refractivity contribution >= 4 is 17.8 Å². The summed E-state index contributed by atoms with van der Waals surface area (Å²) >= 11 is 0. The van der Waals surface area contributed by atoms with Gasteiger partial charge in [0.2, 0.25) is 5.91 Å². The van der Waals surface area contributed by atoms with Crippen LogP contribution >= 0.6 is 0 Å². The van der Waals surface area contributed by atoms with Crippen LogP contribution in [0.25, 0.3) is 0 Å². The fraction of sp³-hybridized carbons (Fsp3) is 0.667. The summed E-state index contributed by atoms with van der Waals surface area (Å²) in [4.78, 5) is 30.4. The molecule has 28 heavy (non-hydrogen) atoms. The number of ether oxygens (including phenoxy) is 1. The predicted molar refractivity (Wildman–Crippen MR) is 114 cm³/mol.